The van der Waals surface area contributed by atoms with Gasteiger partial charge in [-0.15, -0.1) is 0 Å². The fourth-order valence-electron chi connectivity index (χ4n) is 19.7. The number of phenols is 9. The van der Waals surface area contributed by atoms with Crippen molar-refractivity contribution in [3.05, 3.63) is 293 Å². The summed E-state index contributed by atoms with van der Waals surface area (Å²) in [6, 6.07) is 39.0. The predicted molar refractivity (Wildman–Crippen MR) is 563 cm³/mol. The third-order valence-corrected chi connectivity index (χ3v) is 28.4. The third-order valence-electron chi connectivity index (χ3n) is 28.4. The van der Waals surface area contributed by atoms with Gasteiger partial charge in [0.2, 0.25) is 0 Å². The summed E-state index contributed by atoms with van der Waals surface area (Å²) in [6.07, 6.45) is 11.5. The molecule has 21 heteroatoms. The van der Waals surface area contributed by atoms with Gasteiger partial charge in [-0.05, 0) is 308 Å². The van der Waals surface area contributed by atoms with Crippen molar-refractivity contribution in [1.29, 1.82) is 0 Å². The molecule has 772 valence electrons. The molecular weight excluding hydrogens is 1780 g/mol. The van der Waals surface area contributed by atoms with Crippen LogP contribution in [0.25, 0.3) is 0 Å². The molecule has 0 aliphatic heterocycles. The molecule has 141 heavy (non-hydrogen) atoms. The fourth-order valence-corrected chi connectivity index (χ4v) is 19.7. The lowest BCUT2D eigenvalue weighted by atomic mass is 9.65. The number of aryl methyl sites for hydroxylation is 4. The maximum atomic E-state index is 11.5. The van der Waals surface area contributed by atoms with Gasteiger partial charge in [0.15, 0.2) is 0 Å². The quantitative estimate of drug-likeness (QED) is 0.0124. The Kier molecular flexibility index (Phi) is 46.3. The van der Waals surface area contributed by atoms with Crippen LogP contribution in [0.5, 0.6) is 51.7 Å². The summed E-state index contributed by atoms with van der Waals surface area (Å²) in [4.78, 5) is 0. The minimum absolute atomic E-state index is 0.0668. The average Bonchev–Trinajstić information content (AvgIpc) is 0.739. The van der Waals surface area contributed by atoms with E-state index >= 15 is 0 Å². The van der Waals surface area contributed by atoms with Crippen LogP contribution in [-0.2, 0) is 176 Å². The van der Waals surface area contributed by atoms with Crippen LogP contribution in [-0.4, -0.2) is 142 Å². The van der Waals surface area contributed by atoms with Crippen LogP contribution < -0.4 is 0 Å². The second-order valence-electron chi connectivity index (χ2n) is 37.6. The van der Waals surface area contributed by atoms with Crippen molar-refractivity contribution in [2.45, 2.75) is 316 Å². The number of benzene rings is 10. The molecule has 0 heterocycles. The highest BCUT2D eigenvalue weighted by Crippen LogP contribution is 2.52. The van der Waals surface area contributed by atoms with E-state index in [9.17, 15) is 61.3 Å². The highest BCUT2D eigenvalue weighted by atomic mass is 16.5. The van der Waals surface area contributed by atoms with E-state index in [2.05, 4.69) is 190 Å². The van der Waals surface area contributed by atoms with Crippen molar-refractivity contribution in [2.75, 3.05) is 80.8 Å². The first-order chi connectivity index (χ1) is 67.8. The van der Waals surface area contributed by atoms with Gasteiger partial charge in [0, 0.05) is 153 Å². The van der Waals surface area contributed by atoms with Gasteiger partial charge in [-0.25, -0.2) is 0 Å². The maximum absolute atomic E-state index is 11.5. The zero-order chi connectivity index (χ0) is 104. The summed E-state index contributed by atoms with van der Waals surface area (Å²) in [5.74, 6) is 1.79. The van der Waals surface area contributed by atoms with Gasteiger partial charge in [0.1, 0.15) is 51.7 Å². The fraction of sp³-hybridized carbons (Fsp3) is 0.500. The SMILES string of the molecule is CCC(c1ccc(C(C)(C)c2cc(CCO)c(O)c(COC)c2)cc1)(c1cc(CCO)c(O)c(CCO)c1)c1cc(COC)c(O)c(COC)c1.CCCCOCc1cc(C(C)(c2cc(CC)c(O)c(CC)c2)c2cc(COCCCC)c(O)c(COCCCC)c2)cc(CC)c1O.CCOCc1cc(C(c2cc(CC)c(O)c(CC)c2C)c2cc(COCC)c(O)c(COCC)c2C)c(C)c(CC)c1O. The second-order valence-corrected chi connectivity index (χ2v) is 37.6. The van der Waals surface area contributed by atoms with Crippen LogP contribution in [0, 0.1) is 20.8 Å². The molecular formula is C120H166O21. The largest absolute Gasteiger partial charge is 0.507 e. The van der Waals surface area contributed by atoms with E-state index in [0.717, 1.165) is 178 Å². The van der Waals surface area contributed by atoms with Gasteiger partial charge in [-0.1, -0.05) is 169 Å². The van der Waals surface area contributed by atoms with Gasteiger partial charge >= 0.3 is 0 Å². The maximum Gasteiger partial charge on any atom is 0.126 e. The lowest BCUT2D eigenvalue weighted by molar-refractivity contribution is 0.110. The number of ether oxygens (including phenoxy) is 9. The number of phenolic OH excluding ortho intramolecular Hbond substituents is 9. The summed E-state index contributed by atoms with van der Waals surface area (Å²) >= 11 is 0. The molecule has 0 fully saturated rings. The van der Waals surface area contributed by atoms with E-state index in [-0.39, 0.29) is 106 Å². The van der Waals surface area contributed by atoms with Crippen molar-refractivity contribution in [1.82, 2.24) is 0 Å². The molecule has 0 aliphatic rings. The van der Waals surface area contributed by atoms with Gasteiger partial charge in [0.25, 0.3) is 0 Å². The molecule has 10 rings (SSSR count). The summed E-state index contributed by atoms with van der Waals surface area (Å²) in [7, 11) is 4.74. The number of methoxy groups -OCH3 is 3. The van der Waals surface area contributed by atoms with Gasteiger partial charge in [-0.2, -0.15) is 0 Å². The Morgan fingerprint density at radius 2 is 0.518 bits per heavy atom. The van der Waals surface area contributed by atoms with Gasteiger partial charge < -0.3 is 104 Å². The zero-order valence-electron chi connectivity index (χ0n) is 88.6. The van der Waals surface area contributed by atoms with Crippen molar-refractivity contribution in [2.24, 2.45) is 0 Å². The number of unbranched alkanes of at least 4 members (excludes halogenated alkanes) is 3. The average molecular weight is 1940 g/mol. The number of hydrogen-bond donors (Lipinski definition) is 12. The molecule has 0 radical (unpaired) electrons. The number of aliphatic hydroxyl groups is 3. The van der Waals surface area contributed by atoms with Gasteiger partial charge in [0.05, 0.1) is 59.5 Å². The molecule has 10 aromatic carbocycles. The van der Waals surface area contributed by atoms with Crippen LogP contribution >= 0.6 is 0 Å². The molecule has 21 nitrogen and oxygen atoms in total. The summed E-state index contributed by atoms with van der Waals surface area (Å²) in [5.41, 5.74) is 25.5. The molecule has 3 atom stereocenters. The predicted octanol–water partition coefficient (Wildman–Crippen LogP) is 23.9. The number of rotatable bonds is 54. The Balaban J connectivity index is 0.000000260. The van der Waals surface area contributed by atoms with Crippen LogP contribution in [0.1, 0.15) is 340 Å². The first kappa shape index (κ1) is 116. The molecule has 0 amide bonds. The first-order valence-electron chi connectivity index (χ1n) is 51.3. The Morgan fingerprint density at radius 1 is 0.262 bits per heavy atom. The van der Waals surface area contributed by atoms with Crippen LogP contribution in [0.15, 0.2) is 115 Å². The minimum atomic E-state index is -0.804. The van der Waals surface area contributed by atoms with Crippen LogP contribution in [0.3, 0.4) is 0 Å². The molecule has 0 spiro atoms. The van der Waals surface area contributed by atoms with Crippen molar-refractivity contribution in [3.8, 4) is 51.7 Å². The Bertz CT molecular complexity index is 5470. The molecule has 10 aromatic rings. The zero-order valence-corrected chi connectivity index (χ0v) is 88.6. The van der Waals surface area contributed by atoms with E-state index in [0.29, 0.717) is 174 Å². The molecule has 0 saturated carbocycles. The van der Waals surface area contributed by atoms with Crippen molar-refractivity contribution >= 4 is 0 Å². The molecule has 0 aromatic heterocycles. The summed E-state index contributed by atoms with van der Waals surface area (Å²) in [6.45, 7) is 44.9. The van der Waals surface area contributed by atoms with Crippen LogP contribution in [0.2, 0.25) is 0 Å². The summed E-state index contributed by atoms with van der Waals surface area (Å²) < 4.78 is 52.0. The Hall–Kier alpha value is -10.1. The van der Waals surface area contributed by atoms with Crippen molar-refractivity contribution in [3.63, 3.8) is 0 Å². The number of aromatic hydroxyl groups is 9. The molecule has 0 aliphatic carbocycles. The normalized spacial score (nSPS) is 12.7. The topological polar surface area (TPSA) is 326 Å². The molecule has 0 saturated heterocycles. The Labute approximate surface area is 840 Å². The highest BCUT2D eigenvalue weighted by Gasteiger charge is 2.41. The monoisotopic (exact) mass is 1940 g/mol. The molecule has 0 bridgehead atoms. The lowest BCUT2D eigenvalue weighted by Crippen LogP contribution is -2.30. The van der Waals surface area contributed by atoms with Crippen LogP contribution in [0.4, 0.5) is 0 Å². The second kappa shape index (κ2) is 56.3. The summed E-state index contributed by atoms with van der Waals surface area (Å²) in [5, 5.41) is 131. The van der Waals surface area contributed by atoms with E-state index < -0.39 is 16.2 Å². The first-order valence-corrected chi connectivity index (χ1v) is 51.3. The van der Waals surface area contributed by atoms with Crippen molar-refractivity contribution < 1.29 is 104 Å². The lowest BCUT2D eigenvalue weighted by Gasteiger charge is -2.37. The van der Waals surface area contributed by atoms with E-state index in [1.807, 2.05) is 57.2 Å². The van der Waals surface area contributed by atoms with E-state index in [1.54, 1.807) is 21.3 Å². The van der Waals surface area contributed by atoms with Gasteiger partial charge in [-0.3, -0.25) is 0 Å². The number of aliphatic hydroxyl groups excluding tert-OH is 3. The van der Waals surface area contributed by atoms with E-state index in [1.165, 1.54) is 0 Å². The van der Waals surface area contributed by atoms with E-state index in [4.69, 9.17) is 42.6 Å². The highest BCUT2D eigenvalue weighted by molar-refractivity contribution is 5.66. The minimum Gasteiger partial charge on any atom is -0.507 e. The number of hydrogen-bond acceptors (Lipinski definition) is 21. The standard InChI is InChI=1S/C42H54O9.C41H60O6.C37H52O6/c1-7-42(36-19-28(13-16-44)38(46)29(20-36)14-17-45,37-22-31(25-50-5)40(48)32(23-37)26-51-6)34-10-8-33(9-11-34)41(2,3)35-18-27(12-15-43)39(47)30(21-35)24-49-4;1-8-14-17-45-26-32-23-36(22-31(13-6)39(32)43)41(7,35-20-29(11-4)38(42)30(12-5)21-35)37-24-33(27-46-18-15-9-2)40(44)34(25-37)28-47-19-16-10-3;1-10-25-16-30(22(7)28(11-2)35(25)38)34(31-17-26(19-41-13-4)36(39)29(12-3)23(31)8)32-18-27(20-42-14-5)37(40)33(24(32)9)21-43-15-6/h8-11,18-23,43-48H,7,12-17,24-26H2,1-6H3;20-25,42-44H,8-19,26-28H2,1-7H3;16-18,34,38-40H,10-15,19-21H2,1-9H3. The molecule has 3 unspecified atom stereocenters. The third kappa shape index (κ3) is 27.3. The smallest absolute Gasteiger partial charge is 0.126 e. The molecule has 12 N–H and O–H groups in total. The Morgan fingerprint density at radius 3 is 0.858 bits per heavy atom.